The molecule has 0 unspecified atom stereocenters. The molecule has 2 rings (SSSR count). The number of para-hydroxylation sites is 1. The molecule has 0 aliphatic carbocycles. The van der Waals surface area contributed by atoms with E-state index in [4.69, 9.17) is 9.47 Å². The van der Waals surface area contributed by atoms with Crippen molar-refractivity contribution in [2.24, 2.45) is 0 Å². The standard InChI is InChI=1S/C19H19NO4/c1-3-24-15-11-8-14(9-12-15)10-13-18(21)20-17-7-5-4-6-16(17)19(22)23-2/h4-13H,3H2,1-2H3,(H,20,21). The Kier molecular flexibility index (Phi) is 6.14. The van der Waals surface area contributed by atoms with Gasteiger partial charge >= 0.3 is 5.97 Å². The Labute approximate surface area is 140 Å². The van der Waals surface area contributed by atoms with Gasteiger partial charge in [0.25, 0.3) is 0 Å². The second-order valence-electron chi connectivity index (χ2n) is 4.86. The van der Waals surface area contributed by atoms with Crippen molar-refractivity contribution in [1.29, 1.82) is 0 Å². The minimum Gasteiger partial charge on any atom is -0.494 e. The number of methoxy groups -OCH3 is 1. The molecular weight excluding hydrogens is 306 g/mol. The summed E-state index contributed by atoms with van der Waals surface area (Å²) in [5.41, 5.74) is 1.59. The molecule has 5 heteroatoms. The second-order valence-corrected chi connectivity index (χ2v) is 4.86. The first-order chi connectivity index (χ1) is 11.6. The summed E-state index contributed by atoms with van der Waals surface area (Å²) < 4.78 is 10.1. The molecule has 0 heterocycles. The molecule has 0 atom stereocenters. The number of hydrogen-bond donors (Lipinski definition) is 1. The van der Waals surface area contributed by atoms with Crippen LogP contribution in [0.4, 0.5) is 5.69 Å². The Balaban J connectivity index is 2.04. The third-order valence-electron chi connectivity index (χ3n) is 3.21. The van der Waals surface area contributed by atoms with E-state index in [9.17, 15) is 9.59 Å². The number of rotatable bonds is 6. The fraction of sp³-hybridized carbons (Fsp3) is 0.158. The maximum atomic E-state index is 12.0. The van der Waals surface area contributed by atoms with Crippen molar-refractivity contribution < 1.29 is 19.1 Å². The second kappa shape index (κ2) is 8.53. The average molecular weight is 325 g/mol. The Bertz CT molecular complexity index is 735. The van der Waals surface area contributed by atoms with Gasteiger partial charge in [-0.05, 0) is 42.8 Å². The fourth-order valence-corrected chi connectivity index (χ4v) is 2.07. The smallest absolute Gasteiger partial charge is 0.339 e. The third kappa shape index (κ3) is 4.71. The summed E-state index contributed by atoms with van der Waals surface area (Å²) in [6, 6.07) is 14.1. The van der Waals surface area contributed by atoms with Crippen molar-refractivity contribution in [3.63, 3.8) is 0 Å². The minimum absolute atomic E-state index is 0.308. The molecule has 1 amide bonds. The summed E-state index contributed by atoms with van der Waals surface area (Å²) in [5.74, 6) is -0.0484. The van der Waals surface area contributed by atoms with E-state index in [2.05, 4.69) is 5.32 Å². The zero-order chi connectivity index (χ0) is 17.4. The van der Waals surface area contributed by atoms with Gasteiger partial charge in [0, 0.05) is 6.08 Å². The van der Waals surface area contributed by atoms with Crippen LogP contribution in [-0.2, 0) is 9.53 Å². The third-order valence-corrected chi connectivity index (χ3v) is 3.21. The van der Waals surface area contributed by atoms with E-state index in [1.54, 1.807) is 30.3 Å². The van der Waals surface area contributed by atoms with Crippen LogP contribution in [0.1, 0.15) is 22.8 Å². The van der Waals surface area contributed by atoms with Gasteiger partial charge in [0.1, 0.15) is 5.75 Å². The highest BCUT2D eigenvalue weighted by atomic mass is 16.5. The molecule has 124 valence electrons. The number of carbonyl (C=O) groups excluding carboxylic acids is 2. The van der Waals surface area contributed by atoms with E-state index in [0.29, 0.717) is 17.9 Å². The van der Waals surface area contributed by atoms with Gasteiger partial charge in [-0.15, -0.1) is 0 Å². The number of ether oxygens (including phenoxy) is 2. The van der Waals surface area contributed by atoms with Crippen molar-refractivity contribution in [2.75, 3.05) is 19.0 Å². The van der Waals surface area contributed by atoms with Crippen LogP contribution in [0.2, 0.25) is 0 Å². The maximum Gasteiger partial charge on any atom is 0.339 e. The summed E-state index contributed by atoms with van der Waals surface area (Å²) in [6.07, 6.45) is 3.09. The Hall–Kier alpha value is -3.08. The first-order valence-electron chi connectivity index (χ1n) is 7.53. The number of amides is 1. The summed E-state index contributed by atoms with van der Waals surface area (Å²) >= 11 is 0. The van der Waals surface area contributed by atoms with Crippen molar-refractivity contribution in [3.8, 4) is 5.75 Å². The molecule has 2 aromatic carbocycles. The SMILES string of the molecule is CCOc1ccc(C=CC(=O)Nc2ccccc2C(=O)OC)cc1. The molecule has 24 heavy (non-hydrogen) atoms. The van der Waals surface area contributed by atoms with Crippen LogP contribution in [0.5, 0.6) is 5.75 Å². The number of esters is 1. The molecule has 0 aromatic heterocycles. The van der Waals surface area contributed by atoms with Crippen LogP contribution in [-0.4, -0.2) is 25.6 Å². The molecule has 2 aromatic rings. The van der Waals surface area contributed by atoms with E-state index in [1.165, 1.54) is 13.2 Å². The lowest BCUT2D eigenvalue weighted by atomic mass is 10.1. The maximum absolute atomic E-state index is 12.0. The Morgan fingerprint density at radius 1 is 1.08 bits per heavy atom. The van der Waals surface area contributed by atoms with Gasteiger partial charge in [-0.1, -0.05) is 24.3 Å². The molecule has 0 bridgehead atoms. The van der Waals surface area contributed by atoms with Crippen LogP contribution < -0.4 is 10.1 Å². The summed E-state index contributed by atoms with van der Waals surface area (Å²) in [5, 5.41) is 2.68. The van der Waals surface area contributed by atoms with Crippen LogP contribution in [0.3, 0.4) is 0 Å². The predicted octanol–water partition coefficient (Wildman–Crippen LogP) is 3.52. The van der Waals surface area contributed by atoms with Crippen molar-refractivity contribution in [2.45, 2.75) is 6.92 Å². The first-order valence-corrected chi connectivity index (χ1v) is 7.53. The number of carbonyl (C=O) groups is 2. The highest BCUT2D eigenvalue weighted by Crippen LogP contribution is 2.16. The van der Waals surface area contributed by atoms with Crippen molar-refractivity contribution >= 4 is 23.6 Å². The number of hydrogen-bond acceptors (Lipinski definition) is 4. The zero-order valence-corrected chi connectivity index (χ0v) is 13.6. The van der Waals surface area contributed by atoms with E-state index < -0.39 is 5.97 Å². The minimum atomic E-state index is -0.499. The number of nitrogens with one attached hydrogen (secondary N) is 1. The Morgan fingerprint density at radius 2 is 1.79 bits per heavy atom. The zero-order valence-electron chi connectivity index (χ0n) is 13.6. The van der Waals surface area contributed by atoms with Gasteiger partial charge in [0.2, 0.25) is 5.91 Å². The molecular formula is C19H19NO4. The monoisotopic (exact) mass is 325 g/mol. The predicted molar refractivity (Wildman–Crippen MR) is 93.1 cm³/mol. The summed E-state index contributed by atoms with van der Waals surface area (Å²) in [7, 11) is 1.30. The van der Waals surface area contributed by atoms with Gasteiger partial charge in [0.15, 0.2) is 0 Å². The highest BCUT2D eigenvalue weighted by molar-refractivity contribution is 6.06. The first kappa shape index (κ1) is 17.3. The summed E-state index contributed by atoms with van der Waals surface area (Å²) in [4.78, 5) is 23.7. The molecule has 0 saturated carbocycles. The van der Waals surface area contributed by atoms with Gasteiger partial charge in [-0.2, -0.15) is 0 Å². The van der Waals surface area contributed by atoms with Gasteiger partial charge in [-0.25, -0.2) is 4.79 Å². The van der Waals surface area contributed by atoms with Gasteiger partial charge < -0.3 is 14.8 Å². The molecule has 0 radical (unpaired) electrons. The van der Waals surface area contributed by atoms with Crippen molar-refractivity contribution in [1.82, 2.24) is 0 Å². The van der Waals surface area contributed by atoms with Gasteiger partial charge in [-0.3, -0.25) is 4.79 Å². The largest absolute Gasteiger partial charge is 0.494 e. The molecule has 0 aliphatic heterocycles. The fourth-order valence-electron chi connectivity index (χ4n) is 2.07. The molecule has 0 saturated heterocycles. The molecule has 5 nitrogen and oxygen atoms in total. The molecule has 1 N–H and O–H groups in total. The molecule has 0 fully saturated rings. The van der Waals surface area contributed by atoms with Crippen LogP contribution in [0.15, 0.2) is 54.6 Å². The number of benzene rings is 2. The highest BCUT2D eigenvalue weighted by Gasteiger charge is 2.11. The quantitative estimate of drug-likeness (QED) is 0.652. The summed E-state index contributed by atoms with van der Waals surface area (Å²) in [6.45, 7) is 2.53. The van der Waals surface area contributed by atoms with E-state index >= 15 is 0 Å². The normalized spacial score (nSPS) is 10.4. The van der Waals surface area contributed by atoms with Crippen LogP contribution in [0.25, 0.3) is 6.08 Å². The van der Waals surface area contributed by atoms with Gasteiger partial charge in [0.05, 0.1) is 25.0 Å². The topological polar surface area (TPSA) is 64.6 Å². The molecule has 0 spiro atoms. The van der Waals surface area contributed by atoms with Crippen LogP contribution in [0, 0.1) is 0 Å². The van der Waals surface area contributed by atoms with Crippen molar-refractivity contribution in [3.05, 3.63) is 65.7 Å². The van der Waals surface area contributed by atoms with E-state index in [0.717, 1.165) is 11.3 Å². The van der Waals surface area contributed by atoms with E-state index in [1.807, 2.05) is 31.2 Å². The van der Waals surface area contributed by atoms with Crippen LogP contribution >= 0.6 is 0 Å². The lowest BCUT2D eigenvalue weighted by Crippen LogP contribution is -2.12. The average Bonchev–Trinajstić information content (AvgIpc) is 2.61. The molecule has 0 aliphatic rings. The lowest BCUT2D eigenvalue weighted by molar-refractivity contribution is -0.111. The Morgan fingerprint density at radius 3 is 2.46 bits per heavy atom. The lowest BCUT2D eigenvalue weighted by Gasteiger charge is -2.07. The van der Waals surface area contributed by atoms with E-state index in [-0.39, 0.29) is 5.91 Å². The number of anilines is 1.